The van der Waals surface area contributed by atoms with Crippen molar-refractivity contribution < 1.29 is 15.0 Å². The Bertz CT molecular complexity index is 520. The van der Waals surface area contributed by atoms with Crippen LogP contribution >= 0.6 is 15.9 Å². The van der Waals surface area contributed by atoms with E-state index in [1.807, 2.05) is 17.9 Å². The number of benzene rings is 1. The number of halogens is 1. The Kier molecular flexibility index (Phi) is 4.39. The van der Waals surface area contributed by atoms with Gasteiger partial charge in [0.25, 0.3) is 0 Å². The van der Waals surface area contributed by atoms with Crippen molar-refractivity contribution in [3.8, 4) is 5.75 Å². The predicted molar refractivity (Wildman–Crippen MR) is 80.8 cm³/mol. The molecule has 2 rings (SSSR count). The first kappa shape index (κ1) is 15.3. The highest BCUT2D eigenvalue weighted by atomic mass is 79.9. The van der Waals surface area contributed by atoms with E-state index in [2.05, 4.69) is 15.9 Å². The summed E-state index contributed by atoms with van der Waals surface area (Å²) in [6, 6.07) is 5.22. The Morgan fingerprint density at radius 3 is 2.85 bits per heavy atom. The largest absolute Gasteiger partial charge is 0.508 e. The number of phenols is 1. The van der Waals surface area contributed by atoms with Crippen LogP contribution < -0.4 is 0 Å². The van der Waals surface area contributed by atoms with Crippen LogP contribution in [-0.2, 0) is 4.79 Å². The summed E-state index contributed by atoms with van der Waals surface area (Å²) >= 11 is 3.41. The zero-order chi connectivity index (χ0) is 14.9. The Morgan fingerprint density at radius 2 is 2.25 bits per heavy atom. The van der Waals surface area contributed by atoms with E-state index in [1.54, 1.807) is 19.1 Å². The fourth-order valence-electron chi connectivity index (χ4n) is 3.11. The Labute approximate surface area is 127 Å². The number of phenolic OH excluding ortho intramolecular Hbond substituents is 1. The molecule has 1 saturated heterocycles. The SMILES string of the molecule is CCC(c1cc(Br)ccc1O)N1CCCC1(C)C(=O)O. The van der Waals surface area contributed by atoms with Gasteiger partial charge >= 0.3 is 5.97 Å². The summed E-state index contributed by atoms with van der Waals surface area (Å²) in [6.07, 6.45) is 2.27. The van der Waals surface area contributed by atoms with Crippen LogP contribution in [0.15, 0.2) is 22.7 Å². The second kappa shape index (κ2) is 5.74. The number of aromatic hydroxyl groups is 1. The molecule has 1 aromatic rings. The van der Waals surface area contributed by atoms with Gasteiger partial charge in [-0.05, 0) is 50.9 Å². The van der Waals surface area contributed by atoms with Crippen LogP contribution in [0, 0.1) is 0 Å². The molecule has 1 aliphatic heterocycles. The highest BCUT2D eigenvalue weighted by Crippen LogP contribution is 2.41. The number of nitrogens with zero attached hydrogens (tertiary/aromatic N) is 1. The van der Waals surface area contributed by atoms with Crippen molar-refractivity contribution in [2.75, 3.05) is 6.54 Å². The fraction of sp³-hybridized carbons (Fsp3) is 0.533. The van der Waals surface area contributed by atoms with Gasteiger partial charge in [0.2, 0.25) is 0 Å². The van der Waals surface area contributed by atoms with Crippen molar-refractivity contribution in [2.45, 2.75) is 44.7 Å². The third kappa shape index (κ3) is 2.56. The van der Waals surface area contributed by atoms with Crippen molar-refractivity contribution in [1.82, 2.24) is 4.90 Å². The van der Waals surface area contributed by atoms with E-state index in [4.69, 9.17) is 0 Å². The molecule has 1 heterocycles. The molecule has 0 radical (unpaired) electrons. The zero-order valence-electron chi connectivity index (χ0n) is 11.8. The first-order valence-corrected chi connectivity index (χ1v) is 7.68. The van der Waals surface area contributed by atoms with Crippen LogP contribution in [-0.4, -0.2) is 33.2 Å². The highest BCUT2D eigenvalue weighted by molar-refractivity contribution is 9.10. The highest BCUT2D eigenvalue weighted by Gasteiger charge is 2.46. The lowest BCUT2D eigenvalue weighted by Gasteiger charge is -2.38. The Balaban J connectivity index is 2.42. The molecule has 2 unspecified atom stereocenters. The van der Waals surface area contributed by atoms with Crippen LogP contribution in [0.3, 0.4) is 0 Å². The van der Waals surface area contributed by atoms with Gasteiger partial charge in [0.1, 0.15) is 11.3 Å². The fourth-order valence-corrected chi connectivity index (χ4v) is 3.49. The lowest BCUT2D eigenvalue weighted by molar-refractivity contribution is -0.150. The van der Waals surface area contributed by atoms with Crippen molar-refractivity contribution in [3.63, 3.8) is 0 Å². The minimum Gasteiger partial charge on any atom is -0.508 e. The summed E-state index contributed by atoms with van der Waals surface area (Å²) in [6.45, 7) is 4.54. The zero-order valence-corrected chi connectivity index (χ0v) is 13.4. The molecule has 0 amide bonds. The van der Waals surface area contributed by atoms with Crippen LogP contribution in [0.4, 0.5) is 0 Å². The van der Waals surface area contributed by atoms with Crippen LogP contribution in [0.25, 0.3) is 0 Å². The molecule has 0 spiro atoms. The number of hydrogen-bond donors (Lipinski definition) is 2. The topological polar surface area (TPSA) is 60.8 Å². The van der Waals surface area contributed by atoms with Gasteiger partial charge in [0.15, 0.2) is 0 Å². The lowest BCUT2D eigenvalue weighted by atomic mass is 9.94. The van der Waals surface area contributed by atoms with Gasteiger partial charge in [0.05, 0.1) is 0 Å². The van der Waals surface area contributed by atoms with E-state index in [9.17, 15) is 15.0 Å². The van der Waals surface area contributed by atoms with Crippen molar-refractivity contribution in [2.24, 2.45) is 0 Å². The maximum Gasteiger partial charge on any atom is 0.323 e. The number of carboxylic acids is 1. The van der Waals surface area contributed by atoms with Gasteiger partial charge in [-0.15, -0.1) is 0 Å². The van der Waals surface area contributed by atoms with Crippen molar-refractivity contribution in [1.29, 1.82) is 0 Å². The van der Waals surface area contributed by atoms with E-state index >= 15 is 0 Å². The third-order valence-electron chi connectivity index (χ3n) is 4.27. The van der Waals surface area contributed by atoms with E-state index in [0.717, 1.165) is 29.4 Å². The second-order valence-electron chi connectivity index (χ2n) is 5.50. The number of aliphatic carboxylic acids is 1. The number of carbonyl (C=O) groups is 1. The molecular weight excluding hydrogens is 322 g/mol. The molecule has 1 fully saturated rings. The third-order valence-corrected chi connectivity index (χ3v) is 4.76. The monoisotopic (exact) mass is 341 g/mol. The number of carboxylic acid groups (broad SMARTS) is 1. The summed E-state index contributed by atoms with van der Waals surface area (Å²) in [7, 11) is 0. The number of hydrogen-bond acceptors (Lipinski definition) is 3. The molecule has 0 aliphatic carbocycles. The summed E-state index contributed by atoms with van der Waals surface area (Å²) in [5.74, 6) is -0.567. The standard InChI is InChI=1S/C15H20BrNO3/c1-3-12(11-9-10(16)5-6-13(11)18)17-8-4-7-15(17,2)14(19)20/h5-6,9,12,18H,3-4,7-8H2,1-2H3,(H,19,20). The maximum atomic E-state index is 11.6. The Hall–Kier alpha value is -1.07. The van der Waals surface area contributed by atoms with Gasteiger partial charge in [-0.2, -0.15) is 0 Å². The van der Waals surface area contributed by atoms with E-state index < -0.39 is 11.5 Å². The van der Waals surface area contributed by atoms with Gasteiger partial charge in [-0.1, -0.05) is 22.9 Å². The maximum absolute atomic E-state index is 11.6. The van der Waals surface area contributed by atoms with Crippen molar-refractivity contribution in [3.05, 3.63) is 28.2 Å². The second-order valence-corrected chi connectivity index (χ2v) is 6.42. The molecule has 4 nitrogen and oxygen atoms in total. The number of likely N-dealkylation sites (tertiary alicyclic amines) is 1. The quantitative estimate of drug-likeness (QED) is 0.879. The molecule has 1 aromatic carbocycles. The van der Waals surface area contributed by atoms with E-state index in [-0.39, 0.29) is 11.8 Å². The molecule has 0 aromatic heterocycles. The first-order chi connectivity index (χ1) is 9.40. The molecule has 1 aliphatic rings. The molecular formula is C15H20BrNO3. The van der Waals surface area contributed by atoms with E-state index in [1.165, 1.54) is 0 Å². The van der Waals surface area contributed by atoms with Gasteiger partial charge in [0, 0.05) is 16.1 Å². The minimum absolute atomic E-state index is 0.0869. The molecule has 20 heavy (non-hydrogen) atoms. The van der Waals surface area contributed by atoms with Crippen LogP contribution in [0.5, 0.6) is 5.75 Å². The lowest BCUT2D eigenvalue weighted by Crippen LogP contribution is -2.49. The van der Waals surface area contributed by atoms with Gasteiger partial charge < -0.3 is 10.2 Å². The molecule has 5 heteroatoms. The normalized spacial score (nSPS) is 24.8. The summed E-state index contributed by atoms with van der Waals surface area (Å²) in [5, 5.41) is 19.7. The smallest absolute Gasteiger partial charge is 0.323 e. The predicted octanol–water partition coefficient (Wildman–Crippen LogP) is 3.54. The molecule has 110 valence electrons. The van der Waals surface area contributed by atoms with Crippen LogP contribution in [0.1, 0.15) is 44.7 Å². The average molecular weight is 342 g/mol. The van der Waals surface area contributed by atoms with Gasteiger partial charge in [-0.3, -0.25) is 9.69 Å². The Morgan fingerprint density at radius 1 is 1.55 bits per heavy atom. The average Bonchev–Trinajstić information content (AvgIpc) is 2.78. The van der Waals surface area contributed by atoms with E-state index in [0.29, 0.717) is 6.42 Å². The number of rotatable bonds is 4. The minimum atomic E-state index is -0.852. The molecule has 2 N–H and O–H groups in total. The molecule has 0 bridgehead atoms. The first-order valence-electron chi connectivity index (χ1n) is 6.88. The summed E-state index contributed by atoms with van der Waals surface area (Å²) in [4.78, 5) is 13.6. The molecule has 0 saturated carbocycles. The van der Waals surface area contributed by atoms with Crippen LogP contribution in [0.2, 0.25) is 0 Å². The molecule has 2 atom stereocenters. The summed E-state index contributed by atoms with van der Waals surface area (Å²) in [5.41, 5.74) is -0.0636. The summed E-state index contributed by atoms with van der Waals surface area (Å²) < 4.78 is 0.889. The van der Waals surface area contributed by atoms with Crippen molar-refractivity contribution >= 4 is 21.9 Å². The van der Waals surface area contributed by atoms with Gasteiger partial charge in [-0.25, -0.2) is 0 Å².